The highest BCUT2D eigenvalue weighted by Crippen LogP contribution is 2.43. The van der Waals surface area contributed by atoms with Crippen LogP contribution in [-0.4, -0.2) is 74.9 Å². The summed E-state index contributed by atoms with van der Waals surface area (Å²) in [6.45, 7) is 4.52. The van der Waals surface area contributed by atoms with Gasteiger partial charge in [-0.3, -0.25) is 18.6 Å². The van der Waals surface area contributed by atoms with Gasteiger partial charge in [0.25, 0.3) is 0 Å². The van der Waals surface area contributed by atoms with E-state index in [1.54, 1.807) is 0 Å². The number of carbonyl (C=O) groups excluding carboxylic acids is 2. The number of quaternary nitrogens is 1. The third-order valence-corrected chi connectivity index (χ3v) is 16.8. The number of ether oxygens (including phenoxy) is 2. The van der Waals surface area contributed by atoms with E-state index in [0.717, 1.165) is 32.1 Å². The number of hydrogen-bond acceptors (Lipinski definition) is 7. The van der Waals surface area contributed by atoms with Crippen molar-refractivity contribution >= 4 is 19.8 Å². The Balaban J connectivity index is 4.00. The van der Waals surface area contributed by atoms with Crippen LogP contribution in [0.4, 0.5) is 0 Å². The van der Waals surface area contributed by atoms with Crippen molar-refractivity contribution in [3.8, 4) is 0 Å². The van der Waals surface area contributed by atoms with Gasteiger partial charge in [-0.1, -0.05) is 321 Å². The zero-order valence-electron chi connectivity index (χ0n) is 52.9. The van der Waals surface area contributed by atoms with Gasteiger partial charge in [-0.15, -0.1) is 0 Å². The lowest BCUT2D eigenvalue weighted by Crippen LogP contribution is -2.37. The van der Waals surface area contributed by atoms with Crippen molar-refractivity contribution in [1.29, 1.82) is 0 Å². The largest absolute Gasteiger partial charge is 0.472 e. The number of phosphoric ester groups is 1. The molecule has 10 heteroatoms. The molecule has 0 radical (unpaired) electrons. The van der Waals surface area contributed by atoms with Gasteiger partial charge in [-0.2, -0.15) is 0 Å². The van der Waals surface area contributed by atoms with E-state index >= 15 is 0 Å². The first-order chi connectivity index (χ1) is 38.0. The molecule has 78 heavy (non-hydrogen) atoms. The summed E-state index contributed by atoms with van der Waals surface area (Å²) in [6, 6.07) is 0. The summed E-state index contributed by atoms with van der Waals surface area (Å²) in [5.74, 6) is -0.773. The minimum absolute atomic E-state index is 0.0360. The third-order valence-electron chi connectivity index (χ3n) is 15.8. The molecule has 0 spiro atoms. The number of phosphoric acid groups is 1. The van der Waals surface area contributed by atoms with Crippen LogP contribution in [0.1, 0.15) is 361 Å². The van der Waals surface area contributed by atoms with E-state index in [9.17, 15) is 19.0 Å². The van der Waals surface area contributed by atoms with E-state index in [0.29, 0.717) is 23.9 Å². The van der Waals surface area contributed by atoms with Crippen LogP contribution in [0.2, 0.25) is 0 Å². The Morgan fingerprint density at radius 3 is 0.949 bits per heavy atom. The summed E-state index contributed by atoms with van der Waals surface area (Å²) in [7, 11) is 1.50. The van der Waals surface area contributed by atoms with E-state index in [2.05, 4.69) is 26.0 Å². The number of rotatable bonds is 65. The molecular formula is C68H135NO8P+. The predicted octanol–water partition coefficient (Wildman–Crippen LogP) is 21.9. The number of carbonyl (C=O) groups is 2. The maximum Gasteiger partial charge on any atom is 0.472 e. The fourth-order valence-electron chi connectivity index (χ4n) is 10.5. The standard InChI is InChI=1S/C68H134NO8P/c1-6-8-10-12-14-16-18-20-22-24-26-28-30-32-33-34-35-37-38-40-42-44-46-48-50-52-54-56-58-60-67(70)74-64-66(65-76-78(72,73)75-63-62-69(3,4)5)77-68(71)61-59-57-55-53-51-49-47-45-43-41-39-36-31-29-27-25-23-21-19-17-15-13-11-9-7-2/h25,27,66H,6-24,26,28-65H2,1-5H3/p+1/b27-25-. The second-order valence-electron chi connectivity index (χ2n) is 24.9. The summed E-state index contributed by atoms with van der Waals surface area (Å²) in [5.41, 5.74) is 0. The van der Waals surface area contributed by atoms with Gasteiger partial charge in [0, 0.05) is 12.8 Å². The Hall–Kier alpha value is -1.25. The number of hydrogen-bond donors (Lipinski definition) is 1. The van der Waals surface area contributed by atoms with E-state index in [-0.39, 0.29) is 25.6 Å². The van der Waals surface area contributed by atoms with Gasteiger partial charge in [0.15, 0.2) is 6.10 Å². The highest BCUT2D eigenvalue weighted by Gasteiger charge is 2.27. The quantitative estimate of drug-likeness (QED) is 0.0211. The predicted molar refractivity (Wildman–Crippen MR) is 335 cm³/mol. The van der Waals surface area contributed by atoms with Crippen molar-refractivity contribution in [2.24, 2.45) is 0 Å². The van der Waals surface area contributed by atoms with Crippen LogP contribution >= 0.6 is 7.82 Å². The Labute approximate surface area is 486 Å². The SMILES string of the molecule is CCCCCCCCCC/C=C\CCCCCCCCCCCCCCCC(=O)OC(COC(=O)CCCCCCCCCCCCCCCCCCCCCCCCCCCCCCC)COP(=O)(O)OCC[N+](C)(C)C. The Bertz CT molecular complexity index is 1320. The van der Waals surface area contributed by atoms with Gasteiger partial charge in [0.2, 0.25) is 0 Å². The monoisotopic (exact) mass is 1120 g/mol. The molecule has 0 heterocycles. The van der Waals surface area contributed by atoms with Crippen molar-refractivity contribution in [2.75, 3.05) is 47.5 Å². The van der Waals surface area contributed by atoms with E-state index in [4.69, 9.17) is 18.5 Å². The van der Waals surface area contributed by atoms with E-state index in [1.165, 1.54) is 295 Å². The molecular weight excluding hydrogens is 990 g/mol. The Morgan fingerprint density at radius 1 is 0.385 bits per heavy atom. The number of allylic oxidation sites excluding steroid dienone is 2. The van der Waals surface area contributed by atoms with Crippen molar-refractivity contribution in [2.45, 2.75) is 367 Å². The molecule has 0 aromatic carbocycles. The van der Waals surface area contributed by atoms with Crippen molar-refractivity contribution in [1.82, 2.24) is 0 Å². The van der Waals surface area contributed by atoms with Crippen LogP contribution in [0.3, 0.4) is 0 Å². The molecule has 2 unspecified atom stereocenters. The molecule has 1 N–H and O–H groups in total. The summed E-state index contributed by atoms with van der Waals surface area (Å²) in [4.78, 5) is 35.8. The fraction of sp³-hybridized carbons (Fsp3) is 0.941. The van der Waals surface area contributed by atoms with Crippen LogP contribution in [-0.2, 0) is 32.7 Å². The van der Waals surface area contributed by atoms with Gasteiger partial charge >= 0.3 is 19.8 Å². The summed E-state index contributed by atoms with van der Waals surface area (Å²) >= 11 is 0. The maximum atomic E-state index is 12.9. The van der Waals surface area contributed by atoms with Gasteiger partial charge in [0.1, 0.15) is 19.8 Å². The Kier molecular flexibility index (Phi) is 59.4. The van der Waals surface area contributed by atoms with E-state index in [1.807, 2.05) is 21.1 Å². The zero-order chi connectivity index (χ0) is 57.0. The molecule has 0 amide bonds. The average Bonchev–Trinajstić information content (AvgIpc) is 3.40. The maximum absolute atomic E-state index is 12.9. The number of unbranched alkanes of at least 4 members (excludes halogenated alkanes) is 49. The summed E-state index contributed by atoms with van der Waals surface area (Å²) in [5, 5.41) is 0. The molecule has 0 aliphatic heterocycles. The molecule has 0 aromatic rings. The highest BCUT2D eigenvalue weighted by molar-refractivity contribution is 7.47. The van der Waals surface area contributed by atoms with Crippen LogP contribution in [0.15, 0.2) is 12.2 Å². The molecule has 0 aromatic heterocycles. The molecule has 2 atom stereocenters. The topological polar surface area (TPSA) is 108 Å². The first kappa shape index (κ1) is 76.8. The number of likely N-dealkylation sites (N-methyl/N-ethyl adjacent to an activating group) is 1. The smallest absolute Gasteiger partial charge is 0.462 e. The van der Waals surface area contributed by atoms with Gasteiger partial charge in [-0.25, -0.2) is 4.57 Å². The lowest BCUT2D eigenvalue weighted by molar-refractivity contribution is -0.870. The fourth-order valence-corrected chi connectivity index (χ4v) is 11.2. The third kappa shape index (κ3) is 63.9. The van der Waals surface area contributed by atoms with Crippen molar-refractivity contribution in [3.05, 3.63) is 12.2 Å². The molecule has 464 valence electrons. The molecule has 0 aliphatic rings. The molecule has 0 aliphatic carbocycles. The number of nitrogens with zero attached hydrogens (tertiary/aromatic N) is 1. The molecule has 0 saturated heterocycles. The lowest BCUT2D eigenvalue weighted by atomic mass is 10.0. The summed E-state index contributed by atoms with van der Waals surface area (Å²) in [6.07, 6.45) is 73.2. The van der Waals surface area contributed by atoms with Gasteiger partial charge < -0.3 is 18.9 Å². The van der Waals surface area contributed by atoms with Crippen molar-refractivity contribution < 1.29 is 42.1 Å². The average molecular weight is 1130 g/mol. The number of esters is 2. The lowest BCUT2D eigenvalue weighted by Gasteiger charge is -2.24. The van der Waals surface area contributed by atoms with Crippen LogP contribution < -0.4 is 0 Å². The first-order valence-corrected chi connectivity index (χ1v) is 35.9. The van der Waals surface area contributed by atoms with Crippen molar-refractivity contribution in [3.63, 3.8) is 0 Å². The zero-order valence-corrected chi connectivity index (χ0v) is 53.8. The highest BCUT2D eigenvalue weighted by atomic mass is 31.2. The second-order valence-corrected chi connectivity index (χ2v) is 26.4. The molecule has 0 rings (SSSR count). The normalized spacial score (nSPS) is 13.2. The minimum Gasteiger partial charge on any atom is -0.462 e. The Morgan fingerprint density at radius 2 is 0.654 bits per heavy atom. The second kappa shape index (κ2) is 60.3. The molecule has 0 fully saturated rings. The summed E-state index contributed by atoms with van der Waals surface area (Å²) < 4.78 is 34.7. The molecule has 9 nitrogen and oxygen atoms in total. The van der Waals surface area contributed by atoms with Crippen LogP contribution in [0, 0.1) is 0 Å². The van der Waals surface area contributed by atoms with Crippen LogP contribution in [0.5, 0.6) is 0 Å². The minimum atomic E-state index is -4.39. The van der Waals surface area contributed by atoms with Gasteiger partial charge in [0.05, 0.1) is 27.7 Å². The van der Waals surface area contributed by atoms with Gasteiger partial charge in [-0.05, 0) is 38.5 Å². The van der Waals surface area contributed by atoms with E-state index < -0.39 is 26.5 Å². The molecule has 0 bridgehead atoms. The van der Waals surface area contributed by atoms with Crippen LogP contribution in [0.25, 0.3) is 0 Å². The molecule has 0 saturated carbocycles. The first-order valence-electron chi connectivity index (χ1n) is 34.4.